The third-order valence-electron chi connectivity index (χ3n) is 2.84. The van der Waals surface area contributed by atoms with Crippen molar-refractivity contribution < 1.29 is 4.79 Å². The first-order valence-electron chi connectivity index (χ1n) is 6.50. The number of nitrogens with zero attached hydrogens (tertiary/aromatic N) is 1. The number of amides is 1. The fourth-order valence-electron chi connectivity index (χ4n) is 1.86. The Morgan fingerprint density at radius 2 is 2.09 bits per heavy atom. The van der Waals surface area contributed by atoms with E-state index >= 15 is 0 Å². The summed E-state index contributed by atoms with van der Waals surface area (Å²) in [6, 6.07) is 11.6. The molecule has 0 unspecified atom stereocenters. The number of thiophene rings is 1. The van der Waals surface area contributed by atoms with Gasteiger partial charge < -0.3 is 11.1 Å². The van der Waals surface area contributed by atoms with Gasteiger partial charge in [0.05, 0.1) is 10.6 Å². The lowest BCUT2D eigenvalue weighted by molar-refractivity contribution is 0.102. The van der Waals surface area contributed by atoms with Gasteiger partial charge in [0, 0.05) is 16.2 Å². The molecule has 1 amide bonds. The lowest BCUT2D eigenvalue weighted by Gasteiger charge is -2.08. The van der Waals surface area contributed by atoms with E-state index in [9.17, 15) is 4.79 Å². The van der Waals surface area contributed by atoms with Gasteiger partial charge >= 0.3 is 0 Å². The number of carbonyl (C=O) groups excluding carboxylic acids is 1. The van der Waals surface area contributed by atoms with Crippen molar-refractivity contribution in [3.8, 4) is 9.88 Å². The highest BCUT2D eigenvalue weighted by molar-refractivity contribution is 7.99. The summed E-state index contributed by atoms with van der Waals surface area (Å²) in [6.07, 6.45) is 0. The van der Waals surface area contributed by atoms with E-state index in [-0.39, 0.29) is 5.91 Å². The van der Waals surface area contributed by atoms with Gasteiger partial charge in [0.15, 0.2) is 0 Å². The fraction of sp³-hybridized carbons (Fsp3) is 0.0667. The zero-order valence-electron chi connectivity index (χ0n) is 11.5. The lowest BCUT2D eigenvalue weighted by atomic mass is 10.3. The van der Waals surface area contributed by atoms with Crippen molar-refractivity contribution in [3.05, 3.63) is 52.9 Å². The maximum Gasteiger partial charge on any atom is 0.275 e. The van der Waals surface area contributed by atoms with Crippen molar-refractivity contribution in [1.82, 2.24) is 4.98 Å². The minimum atomic E-state index is -0.205. The second-order valence-corrected chi connectivity index (χ2v) is 7.14. The van der Waals surface area contributed by atoms with E-state index in [1.807, 2.05) is 41.8 Å². The molecule has 3 aromatic rings. The molecule has 0 saturated carbocycles. The molecular formula is C15H13N3OS3. The monoisotopic (exact) mass is 347 g/mol. The van der Waals surface area contributed by atoms with E-state index in [0.29, 0.717) is 11.6 Å². The van der Waals surface area contributed by atoms with Crippen LogP contribution in [-0.2, 0) is 0 Å². The van der Waals surface area contributed by atoms with Crippen molar-refractivity contribution in [2.45, 2.75) is 4.90 Å². The highest BCUT2D eigenvalue weighted by Crippen LogP contribution is 2.29. The van der Waals surface area contributed by atoms with Gasteiger partial charge in [0.25, 0.3) is 5.91 Å². The van der Waals surface area contributed by atoms with Crippen molar-refractivity contribution >= 4 is 46.0 Å². The molecule has 0 atom stereocenters. The summed E-state index contributed by atoms with van der Waals surface area (Å²) in [4.78, 5) is 18.8. The molecular weight excluding hydrogens is 334 g/mol. The molecule has 1 aromatic carbocycles. The first-order valence-corrected chi connectivity index (χ1v) is 9.25. The highest BCUT2D eigenvalue weighted by atomic mass is 32.2. The van der Waals surface area contributed by atoms with Gasteiger partial charge in [0.2, 0.25) is 0 Å². The Morgan fingerprint density at radius 1 is 1.23 bits per heavy atom. The number of anilines is 1. The zero-order chi connectivity index (χ0) is 15.4. The van der Waals surface area contributed by atoms with Crippen LogP contribution in [0.15, 0.2) is 52.1 Å². The summed E-state index contributed by atoms with van der Waals surface area (Å²) in [5.41, 5.74) is 6.76. The number of benzene rings is 1. The Bertz CT molecular complexity index is 768. The number of nitrogens with two attached hydrogens (primary N) is 1. The van der Waals surface area contributed by atoms with Gasteiger partial charge in [-0.1, -0.05) is 18.2 Å². The van der Waals surface area contributed by atoms with Crippen molar-refractivity contribution in [1.29, 1.82) is 0 Å². The molecule has 112 valence electrons. The molecule has 7 heteroatoms. The Balaban J connectivity index is 1.78. The van der Waals surface area contributed by atoms with E-state index in [1.54, 1.807) is 16.7 Å². The van der Waals surface area contributed by atoms with E-state index in [2.05, 4.69) is 10.3 Å². The molecule has 0 spiro atoms. The third kappa shape index (κ3) is 3.38. The summed E-state index contributed by atoms with van der Waals surface area (Å²) in [5, 5.41) is 7.55. The number of thioether (sulfide) groups is 1. The third-order valence-corrected chi connectivity index (χ3v) is 5.56. The molecule has 2 aromatic heterocycles. The molecule has 0 fully saturated rings. The van der Waals surface area contributed by atoms with Gasteiger partial charge in [-0.3, -0.25) is 4.79 Å². The fourth-order valence-corrected chi connectivity index (χ4v) is 4.11. The van der Waals surface area contributed by atoms with Crippen LogP contribution in [-0.4, -0.2) is 16.8 Å². The molecule has 0 aliphatic heterocycles. The van der Waals surface area contributed by atoms with Crippen molar-refractivity contribution in [2.75, 3.05) is 11.2 Å². The van der Waals surface area contributed by atoms with Gasteiger partial charge in [-0.05, 0) is 23.6 Å². The van der Waals surface area contributed by atoms with Crippen LogP contribution in [0.25, 0.3) is 9.88 Å². The second-order valence-electron chi connectivity index (χ2n) is 4.28. The van der Waals surface area contributed by atoms with E-state index in [1.165, 1.54) is 23.1 Å². The number of rotatable bonds is 5. The Labute approximate surface area is 140 Å². The number of hydrogen-bond donors (Lipinski definition) is 2. The number of nitrogens with one attached hydrogen (secondary N) is 1. The van der Waals surface area contributed by atoms with E-state index in [4.69, 9.17) is 5.73 Å². The highest BCUT2D eigenvalue weighted by Gasteiger charge is 2.14. The number of aromatic nitrogens is 1. The molecule has 3 rings (SSSR count). The van der Waals surface area contributed by atoms with Crippen LogP contribution in [0, 0.1) is 0 Å². The first-order chi connectivity index (χ1) is 10.8. The topological polar surface area (TPSA) is 68.0 Å². The number of hydrogen-bond acceptors (Lipinski definition) is 6. The van der Waals surface area contributed by atoms with E-state index in [0.717, 1.165) is 20.5 Å². The molecule has 0 aliphatic carbocycles. The standard InChI is InChI=1S/C15H13N3OS3/c16-9-22-12-5-2-1-4-10(12)17-14(19)11-8-21-15(18-11)13-6-3-7-20-13/h1-8H,9,16H2,(H,17,19). The molecule has 3 N–H and O–H groups in total. The SMILES string of the molecule is NCSc1ccccc1NC(=O)c1csc(-c2cccs2)n1. The van der Waals surface area contributed by atoms with Crippen molar-refractivity contribution in [2.24, 2.45) is 5.73 Å². The maximum atomic E-state index is 12.3. The molecule has 0 radical (unpaired) electrons. The normalized spacial score (nSPS) is 10.6. The predicted molar refractivity (Wildman–Crippen MR) is 94.7 cm³/mol. The van der Waals surface area contributed by atoms with Gasteiger partial charge in [-0.25, -0.2) is 4.98 Å². The molecule has 0 saturated heterocycles. The van der Waals surface area contributed by atoms with Crippen molar-refractivity contribution in [3.63, 3.8) is 0 Å². The minimum absolute atomic E-state index is 0.205. The van der Waals surface area contributed by atoms with Gasteiger partial charge in [-0.2, -0.15) is 0 Å². The van der Waals surface area contributed by atoms with Crippen LogP contribution in [0.3, 0.4) is 0 Å². The molecule has 2 heterocycles. The summed E-state index contributed by atoms with van der Waals surface area (Å²) in [7, 11) is 0. The summed E-state index contributed by atoms with van der Waals surface area (Å²) >= 11 is 4.58. The van der Waals surface area contributed by atoms with Crippen LogP contribution in [0.5, 0.6) is 0 Å². The predicted octanol–water partition coefficient (Wildman–Crippen LogP) is 4.13. The lowest BCUT2D eigenvalue weighted by Crippen LogP contribution is -2.13. The zero-order valence-corrected chi connectivity index (χ0v) is 13.9. The molecule has 22 heavy (non-hydrogen) atoms. The number of para-hydroxylation sites is 1. The Hall–Kier alpha value is -1.67. The number of thiazole rings is 1. The second kappa shape index (κ2) is 7.06. The van der Waals surface area contributed by atoms with Gasteiger partial charge in [0.1, 0.15) is 10.7 Å². The smallest absolute Gasteiger partial charge is 0.275 e. The molecule has 0 aliphatic rings. The maximum absolute atomic E-state index is 12.3. The van der Waals surface area contributed by atoms with E-state index < -0.39 is 0 Å². The Kier molecular flexibility index (Phi) is 4.89. The molecule has 0 bridgehead atoms. The van der Waals surface area contributed by atoms with Crippen LogP contribution in [0.2, 0.25) is 0 Å². The quantitative estimate of drug-likeness (QED) is 0.538. The summed E-state index contributed by atoms with van der Waals surface area (Å²) in [5.74, 6) is 0.260. The van der Waals surface area contributed by atoms with Gasteiger partial charge in [-0.15, -0.1) is 34.4 Å². The minimum Gasteiger partial charge on any atom is -0.322 e. The summed E-state index contributed by atoms with van der Waals surface area (Å²) < 4.78 is 0. The number of carbonyl (C=O) groups is 1. The summed E-state index contributed by atoms with van der Waals surface area (Å²) in [6.45, 7) is 0. The van der Waals surface area contributed by atoms with Crippen LogP contribution < -0.4 is 11.1 Å². The molecule has 4 nitrogen and oxygen atoms in total. The van der Waals surface area contributed by atoms with Crippen LogP contribution in [0.1, 0.15) is 10.5 Å². The van der Waals surface area contributed by atoms with Crippen LogP contribution in [0.4, 0.5) is 5.69 Å². The average molecular weight is 347 g/mol. The van der Waals surface area contributed by atoms with Crippen LogP contribution >= 0.6 is 34.4 Å². The first kappa shape index (κ1) is 15.2. The average Bonchev–Trinajstić information content (AvgIpc) is 3.20. The largest absolute Gasteiger partial charge is 0.322 e. The Morgan fingerprint density at radius 3 is 2.86 bits per heavy atom.